The van der Waals surface area contributed by atoms with Crippen LogP contribution in [0.2, 0.25) is 0 Å². The molecule has 0 bridgehead atoms. The van der Waals surface area contributed by atoms with Crippen LogP contribution < -0.4 is 0 Å². The number of likely N-dealkylation sites (tertiary alicyclic amines) is 1. The van der Waals surface area contributed by atoms with Gasteiger partial charge in [0.2, 0.25) is 5.91 Å². The average molecular weight is 215 g/mol. The Labute approximate surface area is 89.0 Å². The monoisotopic (exact) mass is 215 g/mol. The quantitative estimate of drug-likeness (QED) is 0.727. The summed E-state index contributed by atoms with van der Waals surface area (Å²) in [6, 6.07) is 0. The van der Waals surface area contributed by atoms with Gasteiger partial charge in [-0.1, -0.05) is 6.92 Å². The first-order valence-electron chi connectivity index (χ1n) is 5.05. The van der Waals surface area contributed by atoms with Crippen molar-refractivity contribution in [2.75, 3.05) is 26.8 Å². The summed E-state index contributed by atoms with van der Waals surface area (Å²) >= 11 is 0. The molecule has 2 atom stereocenters. The van der Waals surface area contributed by atoms with E-state index in [1.165, 1.54) is 0 Å². The van der Waals surface area contributed by atoms with Crippen molar-refractivity contribution in [2.45, 2.75) is 13.3 Å². The van der Waals surface area contributed by atoms with Gasteiger partial charge in [0.15, 0.2) is 0 Å². The molecule has 1 N–H and O–H groups in total. The lowest BCUT2D eigenvalue weighted by Crippen LogP contribution is -2.30. The molecule has 1 fully saturated rings. The number of carboxylic acids is 1. The zero-order valence-electron chi connectivity index (χ0n) is 9.10. The van der Waals surface area contributed by atoms with Gasteiger partial charge in [0.25, 0.3) is 0 Å². The smallest absolute Gasteiger partial charge is 0.308 e. The molecule has 5 heteroatoms. The SMILES string of the molecule is COCCC(=O)N1CC(C)C(C(=O)O)C1. The Morgan fingerprint density at radius 1 is 1.47 bits per heavy atom. The van der Waals surface area contributed by atoms with E-state index in [9.17, 15) is 9.59 Å². The van der Waals surface area contributed by atoms with Crippen molar-refractivity contribution in [1.29, 1.82) is 0 Å². The van der Waals surface area contributed by atoms with Crippen LogP contribution in [0.5, 0.6) is 0 Å². The van der Waals surface area contributed by atoms with E-state index in [1.54, 1.807) is 12.0 Å². The van der Waals surface area contributed by atoms with Crippen molar-refractivity contribution >= 4 is 11.9 Å². The zero-order chi connectivity index (χ0) is 11.4. The number of hydrogen-bond acceptors (Lipinski definition) is 3. The molecule has 1 aliphatic heterocycles. The van der Waals surface area contributed by atoms with E-state index in [4.69, 9.17) is 9.84 Å². The summed E-state index contributed by atoms with van der Waals surface area (Å²) in [7, 11) is 1.54. The Hall–Kier alpha value is -1.10. The lowest BCUT2D eigenvalue weighted by atomic mass is 9.99. The second-order valence-corrected chi connectivity index (χ2v) is 3.96. The second kappa shape index (κ2) is 5.11. The molecule has 86 valence electrons. The van der Waals surface area contributed by atoms with Crippen molar-refractivity contribution in [3.8, 4) is 0 Å². The van der Waals surface area contributed by atoms with Gasteiger partial charge < -0.3 is 14.7 Å². The summed E-state index contributed by atoms with van der Waals surface area (Å²) in [5.41, 5.74) is 0. The van der Waals surface area contributed by atoms with Crippen molar-refractivity contribution < 1.29 is 19.4 Å². The molecule has 0 aromatic heterocycles. The van der Waals surface area contributed by atoms with Crippen molar-refractivity contribution in [1.82, 2.24) is 4.90 Å². The first-order chi connectivity index (χ1) is 7.06. The van der Waals surface area contributed by atoms with E-state index in [2.05, 4.69) is 0 Å². The molecule has 15 heavy (non-hydrogen) atoms. The number of ether oxygens (including phenoxy) is 1. The van der Waals surface area contributed by atoms with Crippen LogP contribution in [0.25, 0.3) is 0 Å². The molecule has 1 aliphatic rings. The maximum atomic E-state index is 11.6. The molecule has 0 aliphatic carbocycles. The second-order valence-electron chi connectivity index (χ2n) is 3.96. The van der Waals surface area contributed by atoms with Crippen molar-refractivity contribution in [2.24, 2.45) is 11.8 Å². The highest BCUT2D eigenvalue weighted by Gasteiger charge is 2.36. The lowest BCUT2D eigenvalue weighted by Gasteiger charge is -2.15. The Morgan fingerprint density at radius 3 is 2.60 bits per heavy atom. The average Bonchev–Trinajstić information content (AvgIpc) is 2.56. The fraction of sp³-hybridized carbons (Fsp3) is 0.800. The number of carbonyl (C=O) groups is 2. The highest BCUT2D eigenvalue weighted by molar-refractivity contribution is 5.79. The van der Waals surface area contributed by atoms with Crippen LogP contribution in [0.15, 0.2) is 0 Å². The highest BCUT2D eigenvalue weighted by atomic mass is 16.5. The molecule has 5 nitrogen and oxygen atoms in total. The minimum atomic E-state index is -0.815. The molecular weight excluding hydrogens is 198 g/mol. The number of carboxylic acid groups (broad SMARTS) is 1. The van der Waals surface area contributed by atoms with Gasteiger partial charge in [-0.05, 0) is 5.92 Å². The summed E-state index contributed by atoms with van der Waals surface area (Å²) in [4.78, 5) is 24.0. The van der Waals surface area contributed by atoms with Gasteiger partial charge in [-0.3, -0.25) is 9.59 Å². The van der Waals surface area contributed by atoms with E-state index in [0.29, 0.717) is 26.1 Å². The lowest BCUT2D eigenvalue weighted by molar-refractivity contribution is -0.142. The Bertz CT molecular complexity index is 254. The van der Waals surface area contributed by atoms with Gasteiger partial charge >= 0.3 is 5.97 Å². The van der Waals surface area contributed by atoms with Crippen LogP contribution >= 0.6 is 0 Å². The summed E-state index contributed by atoms with van der Waals surface area (Å²) in [5, 5.41) is 8.90. The minimum absolute atomic E-state index is 0.0209. The summed E-state index contributed by atoms with van der Waals surface area (Å²) in [6.45, 7) is 3.13. The molecular formula is C10H17NO4. The normalized spacial score (nSPS) is 25.6. The zero-order valence-corrected chi connectivity index (χ0v) is 9.10. The van der Waals surface area contributed by atoms with Gasteiger partial charge in [0, 0.05) is 20.2 Å². The predicted octanol–water partition coefficient (Wildman–Crippen LogP) is 0.202. The molecule has 0 aromatic carbocycles. The Morgan fingerprint density at radius 2 is 2.13 bits per heavy atom. The van der Waals surface area contributed by atoms with E-state index in [0.717, 1.165) is 0 Å². The third-order valence-corrected chi connectivity index (χ3v) is 2.80. The first kappa shape index (κ1) is 12.0. The maximum Gasteiger partial charge on any atom is 0.308 e. The van der Waals surface area contributed by atoms with E-state index >= 15 is 0 Å². The summed E-state index contributed by atoms with van der Waals surface area (Å²) < 4.78 is 4.81. The minimum Gasteiger partial charge on any atom is -0.481 e. The Kier molecular flexibility index (Phi) is 4.08. The molecule has 1 heterocycles. The van der Waals surface area contributed by atoms with E-state index in [1.807, 2.05) is 6.92 Å². The number of carbonyl (C=O) groups excluding carboxylic acids is 1. The molecule has 1 saturated heterocycles. The Balaban J connectivity index is 2.47. The standard InChI is InChI=1S/C10H17NO4/c1-7-5-11(6-8(7)10(13)14)9(12)3-4-15-2/h7-8H,3-6H2,1-2H3,(H,13,14). The first-order valence-corrected chi connectivity index (χ1v) is 5.05. The number of amides is 1. The molecule has 2 unspecified atom stereocenters. The molecule has 1 amide bonds. The summed E-state index contributed by atoms with van der Waals surface area (Å²) in [5.74, 6) is -1.22. The van der Waals surface area contributed by atoms with Crippen molar-refractivity contribution in [3.05, 3.63) is 0 Å². The van der Waals surface area contributed by atoms with Gasteiger partial charge in [-0.15, -0.1) is 0 Å². The number of methoxy groups -OCH3 is 1. The summed E-state index contributed by atoms with van der Waals surface area (Å²) in [6.07, 6.45) is 0.329. The topological polar surface area (TPSA) is 66.8 Å². The third-order valence-electron chi connectivity index (χ3n) is 2.80. The van der Waals surface area contributed by atoms with Crippen LogP contribution in [0, 0.1) is 11.8 Å². The number of aliphatic carboxylic acids is 1. The number of hydrogen-bond donors (Lipinski definition) is 1. The molecule has 0 saturated carbocycles. The molecule has 1 rings (SSSR count). The molecule has 0 radical (unpaired) electrons. The van der Waals surface area contributed by atoms with Crippen LogP contribution in [0.4, 0.5) is 0 Å². The largest absolute Gasteiger partial charge is 0.481 e. The maximum absolute atomic E-state index is 11.6. The molecule has 0 aromatic rings. The van der Waals surface area contributed by atoms with Crippen LogP contribution in [0.3, 0.4) is 0 Å². The van der Waals surface area contributed by atoms with E-state index < -0.39 is 11.9 Å². The van der Waals surface area contributed by atoms with Crippen LogP contribution in [0.1, 0.15) is 13.3 Å². The van der Waals surface area contributed by atoms with Gasteiger partial charge in [0.05, 0.1) is 18.9 Å². The molecule has 0 spiro atoms. The fourth-order valence-electron chi connectivity index (χ4n) is 1.84. The van der Waals surface area contributed by atoms with Crippen LogP contribution in [-0.4, -0.2) is 48.7 Å². The third kappa shape index (κ3) is 2.92. The van der Waals surface area contributed by atoms with Crippen molar-refractivity contribution in [3.63, 3.8) is 0 Å². The highest BCUT2D eigenvalue weighted by Crippen LogP contribution is 2.23. The number of rotatable bonds is 4. The fourth-order valence-corrected chi connectivity index (χ4v) is 1.84. The van der Waals surface area contributed by atoms with E-state index in [-0.39, 0.29) is 11.8 Å². The predicted molar refractivity (Wildman–Crippen MR) is 53.4 cm³/mol. The van der Waals surface area contributed by atoms with Gasteiger partial charge in [-0.2, -0.15) is 0 Å². The van der Waals surface area contributed by atoms with Crippen LogP contribution in [-0.2, 0) is 14.3 Å². The van der Waals surface area contributed by atoms with Gasteiger partial charge in [-0.25, -0.2) is 0 Å². The van der Waals surface area contributed by atoms with Gasteiger partial charge in [0.1, 0.15) is 0 Å². The number of nitrogens with zero attached hydrogens (tertiary/aromatic N) is 1.